The highest BCUT2D eigenvalue weighted by Crippen LogP contribution is 2.33. The first-order valence-corrected chi connectivity index (χ1v) is 10.6. The van der Waals surface area contributed by atoms with E-state index in [1.807, 2.05) is 24.3 Å². The Morgan fingerprint density at radius 1 is 0.848 bits per heavy atom. The molecule has 1 amide bonds. The molecule has 2 aromatic rings. The highest BCUT2D eigenvalue weighted by Gasteiger charge is 2.11. The van der Waals surface area contributed by atoms with E-state index in [9.17, 15) is 9.59 Å². The number of carbonyl (C=O) groups excluding carboxylic acids is 2. The summed E-state index contributed by atoms with van der Waals surface area (Å²) in [7, 11) is 1.61. The van der Waals surface area contributed by atoms with Gasteiger partial charge in [-0.1, -0.05) is 30.8 Å². The zero-order chi connectivity index (χ0) is 23.9. The number of nitrogens with one attached hydrogen (secondary N) is 1. The summed E-state index contributed by atoms with van der Waals surface area (Å²) in [6.45, 7) is 7.70. The first-order chi connectivity index (χ1) is 16.0. The van der Waals surface area contributed by atoms with Crippen LogP contribution in [0.15, 0.2) is 48.6 Å². The van der Waals surface area contributed by atoms with Gasteiger partial charge >= 0.3 is 12.1 Å². The predicted octanol–water partition coefficient (Wildman–Crippen LogP) is 3.11. The van der Waals surface area contributed by atoms with Gasteiger partial charge in [0.15, 0.2) is 0 Å². The highest BCUT2D eigenvalue weighted by molar-refractivity contribution is 5.94. The van der Waals surface area contributed by atoms with Gasteiger partial charge in [-0.3, -0.25) is 0 Å². The van der Waals surface area contributed by atoms with E-state index in [4.69, 9.17) is 28.4 Å². The molecule has 33 heavy (non-hydrogen) atoms. The number of amides is 1. The second kappa shape index (κ2) is 14.8. The minimum absolute atomic E-state index is 0.161. The average molecular weight is 462 g/mol. The third-order valence-corrected chi connectivity index (χ3v) is 4.29. The monoisotopic (exact) mass is 461 g/mol. The van der Waals surface area contributed by atoms with Crippen LogP contribution in [0, 0.1) is 0 Å². The Hall–Kier alpha value is -3.14. The molecule has 0 aromatic heterocycles. The third-order valence-electron chi connectivity index (χ3n) is 4.29. The Bertz CT molecular complexity index is 914. The first kappa shape index (κ1) is 26.1. The van der Waals surface area contributed by atoms with Crippen molar-refractivity contribution in [1.29, 1.82) is 0 Å². The molecule has 0 saturated heterocycles. The van der Waals surface area contributed by atoms with Crippen molar-refractivity contribution in [2.75, 3.05) is 59.9 Å². The smallest absolute Gasteiger partial charge is 0.412 e. The van der Waals surface area contributed by atoms with E-state index in [1.54, 1.807) is 26.2 Å². The van der Waals surface area contributed by atoms with Gasteiger partial charge in [0, 0.05) is 30.0 Å². The molecular formula is C24H31NO8. The second-order valence-corrected chi connectivity index (χ2v) is 6.91. The molecule has 0 unspecified atom stereocenters. The van der Waals surface area contributed by atoms with Crippen LogP contribution in [0.1, 0.15) is 6.92 Å². The van der Waals surface area contributed by atoms with Crippen molar-refractivity contribution < 1.29 is 38.0 Å². The van der Waals surface area contributed by atoms with Crippen LogP contribution in [0.5, 0.6) is 11.5 Å². The third kappa shape index (κ3) is 9.48. The van der Waals surface area contributed by atoms with Crippen LogP contribution in [0.3, 0.4) is 0 Å². The lowest BCUT2D eigenvalue weighted by atomic mass is 10.1. The summed E-state index contributed by atoms with van der Waals surface area (Å²) in [6, 6.07) is 11.0. The van der Waals surface area contributed by atoms with Gasteiger partial charge in [-0.25, -0.2) is 9.59 Å². The number of ether oxygens (including phenoxy) is 6. The number of rotatable bonds is 15. The quantitative estimate of drug-likeness (QED) is 0.245. The van der Waals surface area contributed by atoms with Crippen LogP contribution in [-0.2, 0) is 23.7 Å². The molecule has 0 bridgehead atoms. The van der Waals surface area contributed by atoms with E-state index in [0.717, 1.165) is 10.8 Å². The van der Waals surface area contributed by atoms with Gasteiger partial charge in [0.1, 0.15) is 24.7 Å². The van der Waals surface area contributed by atoms with Crippen molar-refractivity contribution >= 4 is 22.8 Å². The van der Waals surface area contributed by atoms with Gasteiger partial charge in [0.25, 0.3) is 0 Å². The van der Waals surface area contributed by atoms with E-state index in [0.29, 0.717) is 50.1 Å². The van der Waals surface area contributed by atoms with Crippen molar-refractivity contribution in [2.45, 2.75) is 6.92 Å². The van der Waals surface area contributed by atoms with Crippen LogP contribution in [0.4, 0.5) is 4.79 Å². The number of carbonyl (C=O) groups is 2. The van der Waals surface area contributed by atoms with E-state index in [2.05, 4.69) is 11.9 Å². The Labute approximate surface area is 193 Å². The summed E-state index contributed by atoms with van der Waals surface area (Å²) >= 11 is 0. The number of hydrogen-bond acceptors (Lipinski definition) is 8. The summed E-state index contributed by atoms with van der Waals surface area (Å²) in [5, 5.41) is 4.26. The van der Waals surface area contributed by atoms with E-state index in [-0.39, 0.29) is 19.8 Å². The van der Waals surface area contributed by atoms with Crippen molar-refractivity contribution in [3.63, 3.8) is 0 Å². The lowest BCUT2D eigenvalue weighted by molar-refractivity contribution is -0.140. The van der Waals surface area contributed by atoms with Crippen molar-refractivity contribution in [3.8, 4) is 11.5 Å². The minimum Gasteiger partial charge on any atom is -0.491 e. The van der Waals surface area contributed by atoms with Gasteiger partial charge in [-0.05, 0) is 19.1 Å². The van der Waals surface area contributed by atoms with E-state index < -0.39 is 12.1 Å². The molecule has 9 nitrogen and oxygen atoms in total. The molecule has 0 radical (unpaired) electrons. The standard InChI is InChI=1S/C24H31NO8/c1-18(2)23(26)32-17-15-30-14-13-29-11-10-25-24(27)33-22-9-8-21(31-16-12-28-3)19-6-4-5-7-20(19)22/h4-9H,1,10-17H2,2-3H3,(H,25,27). The molecule has 0 atom stereocenters. The van der Waals surface area contributed by atoms with Crippen LogP contribution in [0.2, 0.25) is 0 Å². The molecule has 0 fully saturated rings. The van der Waals surface area contributed by atoms with Gasteiger partial charge < -0.3 is 33.7 Å². The SMILES string of the molecule is C=C(C)C(=O)OCCOCCOCCNC(=O)Oc1ccc(OCCOC)c2ccccc12. The maximum atomic E-state index is 12.2. The molecule has 0 aliphatic heterocycles. The zero-order valence-corrected chi connectivity index (χ0v) is 19.1. The van der Waals surface area contributed by atoms with Gasteiger partial charge in [0.2, 0.25) is 0 Å². The average Bonchev–Trinajstić information content (AvgIpc) is 2.81. The minimum atomic E-state index is -0.576. The topological polar surface area (TPSA) is 102 Å². The molecule has 0 heterocycles. The Morgan fingerprint density at radius 2 is 1.48 bits per heavy atom. The number of methoxy groups -OCH3 is 1. The predicted molar refractivity (Wildman–Crippen MR) is 123 cm³/mol. The lowest BCUT2D eigenvalue weighted by Crippen LogP contribution is -2.30. The van der Waals surface area contributed by atoms with Crippen molar-refractivity contribution in [1.82, 2.24) is 5.32 Å². The molecular weight excluding hydrogens is 430 g/mol. The van der Waals surface area contributed by atoms with E-state index in [1.165, 1.54) is 0 Å². The van der Waals surface area contributed by atoms with Gasteiger partial charge in [-0.2, -0.15) is 0 Å². The summed E-state index contributed by atoms with van der Waals surface area (Å²) < 4.78 is 31.8. The maximum absolute atomic E-state index is 12.2. The Balaban J connectivity index is 1.65. The fourth-order valence-corrected chi connectivity index (χ4v) is 2.69. The summed E-state index contributed by atoms with van der Waals surface area (Å²) in [6.07, 6.45) is -0.576. The largest absolute Gasteiger partial charge is 0.491 e. The number of esters is 1. The lowest BCUT2D eigenvalue weighted by Gasteiger charge is -2.13. The molecule has 2 rings (SSSR count). The molecule has 0 aliphatic rings. The molecule has 0 aliphatic carbocycles. The van der Waals surface area contributed by atoms with E-state index >= 15 is 0 Å². The molecule has 2 aromatic carbocycles. The molecule has 0 saturated carbocycles. The first-order valence-electron chi connectivity index (χ1n) is 10.6. The normalized spacial score (nSPS) is 10.6. The van der Waals surface area contributed by atoms with Crippen LogP contribution >= 0.6 is 0 Å². The highest BCUT2D eigenvalue weighted by atomic mass is 16.6. The number of hydrogen-bond donors (Lipinski definition) is 1. The van der Waals surface area contributed by atoms with Gasteiger partial charge in [0.05, 0.1) is 33.0 Å². The number of benzene rings is 2. The fraction of sp³-hybridized carbons (Fsp3) is 0.417. The van der Waals surface area contributed by atoms with Crippen molar-refractivity contribution in [3.05, 3.63) is 48.6 Å². The zero-order valence-electron chi connectivity index (χ0n) is 19.1. The second-order valence-electron chi connectivity index (χ2n) is 6.91. The van der Waals surface area contributed by atoms with Crippen LogP contribution in [0.25, 0.3) is 10.8 Å². The molecule has 0 spiro atoms. The molecule has 180 valence electrons. The molecule has 9 heteroatoms. The fourth-order valence-electron chi connectivity index (χ4n) is 2.69. The van der Waals surface area contributed by atoms with Crippen LogP contribution < -0.4 is 14.8 Å². The summed E-state index contributed by atoms with van der Waals surface area (Å²) in [5.41, 5.74) is 0.349. The summed E-state index contributed by atoms with van der Waals surface area (Å²) in [4.78, 5) is 23.3. The maximum Gasteiger partial charge on any atom is 0.412 e. The van der Waals surface area contributed by atoms with Gasteiger partial charge in [-0.15, -0.1) is 0 Å². The Morgan fingerprint density at radius 3 is 2.18 bits per heavy atom. The summed E-state index contributed by atoms with van der Waals surface area (Å²) in [5.74, 6) is 0.691. The van der Waals surface area contributed by atoms with Crippen molar-refractivity contribution in [2.24, 2.45) is 0 Å². The molecule has 1 N–H and O–H groups in total. The van der Waals surface area contributed by atoms with Crippen LogP contribution in [-0.4, -0.2) is 72.0 Å². The number of fused-ring (bicyclic) bond motifs is 1. The Kier molecular flexibility index (Phi) is 11.7.